The number of nitrogens with one attached hydrogen (secondary N) is 1. The number of hydrogen-bond acceptors (Lipinski definition) is 4. The highest BCUT2D eigenvalue weighted by atomic mass is 32.2. The van der Waals surface area contributed by atoms with Crippen molar-refractivity contribution in [2.24, 2.45) is 0 Å². The lowest BCUT2D eigenvalue weighted by molar-refractivity contribution is -0.122. The quantitative estimate of drug-likeness (QED) is 0.909. The number of nitriles is 1. The van der Waals surface area contributed by atoms with Crippen molar-refractivity contribution >= 4 is 29.0 Å². The summed E-state index contributed by atoms with van der Waals surface area (Å²) in [6.45, 7) is 4.25. The lowest BCUT2D eigenvalue weighted by atomic mass is 10.0. The highest BCUT2D eigenvalue weighted by Crippen LogP contribution is 2.27. The van der Waals surface area contributed by atoms with Crippen LogP contribution in [0.4, 0.5) is 0 Å². The molecular formula is C15H20N2OS2. The van der Waals surface area contributed by atoms with Gasteiger partial charge in [-0.15, -0.1) is 11.3 Å². The Morgan fingerprint density at radius 3 is 2.90 bits per heavy atom. The molecule has 20 heavy (non-hydrogen) atoms. The Labute approximate surface area is 128 Å². The molecule has 1 fully saturated rings. The normalized spacial score (nSPS) is 21.6. The summed E-state index contributed by atoms with van der Waals surface area (Å²) in [5.74, 6) is 1.69. The van der Waals surface area contributed by atoms with Gasteiger partial charge in [0.2, 0.25) is 5.91 Å². The molecule has 0 aliphatic carbocycles. The lowest BCUT2D eigenvalue weighted by Crippen LogP contribution is -2.47. The number of thioether (sulfide) groups is 1. The minimum Gasteiger partial charge on any atom is -0.337 e. The SMILES string of the molecule is Cc1cc(CCCC(=O)N[C@@]2(C#N)CCSC2)c(C)s1. The molecule has 1 aromatic heterocycles. The molecule has 1 amide bonds. The third-order valence-corrected chi connectivity index (χ3v) is 5.81. The Bertz CT molecular complexity index is 524. The van der Waals surface area contributed by atoms with Gasteiger partial charge in [-0.3, -0.25) is 4.79 Å². The minimum absolute atomic E-state index is 0.0126. The highest BCUT2D eigenvalue weighted by Gasteiger charge is 2.35. The average molecular weight is 308 g/mol. The highest BCUT2D eigenvalue weighted by molar-refractivity contribution is 7.99. The Balaban J connectivity index is 1.78. The first kappa shape index (κ1) is 15.4. The number of thiophene rings is 1. The first-order valence-electron chi connectivity index (χ1n) is 6.90. The van der Waals surface area contributed by atoms with Crippen LogP contribution in [0.15, 0.2) is 6.07 Å². The van der Waals surface area contributed by atoms with E-state index in [0.717, 1.165) is 30.8 Å². The number of carbonyl (C=O) groups is 1. The maximum absolute atomic E-state index is 12.0. The molecule has 1 aliphatic heterocycles. The van der Waals surface area contributed by atoms with Crippen LogP contribution in [0.25, 0.3) is 0 Å². The number of carbonyl (C=O) groups excluding carboxylic acids is 1. The van der Waals surface area contributed by atoms with Crippen molar-refractivity contribution in [1.29, 1.82) is 5.26 Å². The number of hydrogen-bond donors (Lipinski definition) is 1. The second-order valence-corrected chi connectivity index (χ2v) is 7.90. The number of nitrogens with zero attached hydrogens (tertiary/aromatic N) is 1. The fourth-order valence-electron chi connectivity index (χ4n) is 2.48. The van der Waals surface area contributed by atoms with Gasteiger partial charge in [-0.25, -0.2) is 0 Å². The Morgan fingerprint density at radius 1 is 1.55 bits per heavy atom. The van der Waals surface area contributed by atoms with Crippen LogP contribution in [0.3, 0.4) is 0 Å². The molecule has 0 aromatic carbocycles. The summed E-state index contributed by atoms with van der Waals surface area (Å²) in [6, 6.07) is 4.49. The molecule has 3 nitrogen and oxygen atoms in total. The molecule has 108 valence electrons. The fraction of sp³-hybridized carbons (Fsp3) is 0.600. The summed E-state index contributed by atoms with van der Waals surface area (Å²) in [6.07, 6.45) is 3.06. The van der Waals surface area contributed by atoms with E-state index < -0.39 is 5.54 Å². The molecule has 0 radical (unpaired) electrons. The van der Waals surface area contributed by atoms with Crippen molar-refractivity contribution in [2.75, 3.05) is 11.5 Å². The summed E-state index contributed by atoms with van der Waals surface area (Å²) in [5, 5.41) is 12.2. The zero-order chi connectivity index (χ0) is 14.6. The van der Waals surface area contributed by atoms with E-state index in [2.05, 4.69) is 31.3 Å². The summed E-state index contributed by atoms with van der Waals surface area (Å²) in [7, 11) is 0. The van der Waals surface area contributed by atoms with Gasteiger partial charge in [0.25, 0.3) is 0 Å². The minimum atomic E-state index is -0.614. The molecule has 1 N–H and O–H groups in total. The van der Waals surface area contributed by atoms with Crippen molar-refractivity contribution in [3.8, 4) is 6.07 Å². The topological polar surface area (TPSA) is 52.9 Å². The van der Waals surface area contributed by atoms with Gasteiger partial charge >= 0.3 is 0 Å². The molecule has 0 saturated carbocycles. The van der Waals surface area contributed by atoms with Gasteiger partial charge in [0.1, 0.15) is 5.54 Å². The summed E-state index contributed by atoms with van der Waals surface area (Å²) in [5.41, 5.74) is 0.739. The van der Waals surface area contributed by atoms with Crippen LogP contribution in [0, 0.1) is 25.2 Å². The third-order valence-electron chi connectivity index (χ3n) is 3.61. The zero-order valence-electron chi connectivity index (χ0n) is 12.0. The largest absolute Gasteiger partial charge is 0.337 e. The van der Waals surface area contributed by atoms with Gasteiger partial charge < -0.3 is 5.32 Å². The van der Waals surface area contributed by atoms with Crippen LogP contribution in [-0.2, 0) is 11.2 Å². The molecule has 2 rings (SSSR count). The molecule has 0 unspecified atom stereocenters. The Morgan fingerprint density at radius 2 is 2.35 bits per heavy atom. The molecular weight excluding hydrogens is 288 g/mol. The van der Waals surface area contributed by atoms with Gasteiger partial charge in [-0.2, -0.15) is 17.0 Å². The van der Waals surface area contributed by atoms with Crippen LogP contribution in [-0.4, -0.2) is 23.0 Å². The van der Waals surface area contributed by atoms with Gasteiger partial charge in [-0.05, 0) is 50.5 Å². The number of aryl methyl sites for hydroxylation is 3. The van der Waals surface area contributed by atoms with E-state index in [1.54, 1.807) is 11.8 Å². The average Bonchev–Trinajstić information content (AvgIpc) is 2.98. The molecule has 0 spiro atoms. The van der Waals surface area contributed by atoms with Crippen LogP contribution < -0.4 is 5.32 Å². The molecule has 1 aliphatic rings. The van der Waals surface area contributed by atoms with Gasteiger partial charge in [0, 0.05) is 21.9 Å². The van der Waals surface area contributed by atoms with Crippen LogP contribution >= 0.6 is 23.1 Å². The second-order valence-electron chi connectivity index (χ2n) is 5.34. The first-order valence-corrected chi connectivity index (χ1v) is 8.88. The number of rotatable bonds is 5. The molecule has 5 heteroatoms. The van der Waals surface area contributed by atoms with Crippen LogP contribution in [0.5, 0.6) is 0 Å². The van der Waals surface area contributed by atoms with Gasteiger partial charge in [0.05, 0.1) is 6.07 Å². The van der Waals surface area contributed by atoms with Crippen molar-refractivity contribution in [3.63, 3.8) is 0 Å². The molecule has 1 aromatic rings. The van der Waals surface area contributed by atoms with E-state index in [1.807, 2.05) is 11.3 Å². The molecule has 1 saturated heterocycles. The van der Waals surface area contributed by atoms with E-state index in [0.29, 0.717) is 6.42 Å². The predicted octanol–water partition coefficient (Wildman–Crippen LogP) is 3.20. The van der Waals surface area contributed by atoms with E-state index in [-0.39, 0.29) is 5.91 Å². The smallest absolute Gasteiger partial charge is 0.221 e. The Kier molecular flexibility index (Phi) is 5.11. The van der Waals surface area contributed by atoms with Gasteiger partial charge in [0.15, 0.2) is 0 Å². The van der Waals surface area contributed by atoms with Crippen molar-refractivity contribution < 1.29 is 4.79 Å². The second kappa shape index (κ2) is 6.64. The van der Waals surface area contributed by atoms with Gasteiger partial charge in [-0.1, -0.05) is 0 Å². The summed E-state index contributed by atoms with van der Waals surface area (Å²) in [4.78, 5) is 14.7. The van der Waals surface area contributed by atoms with E-state index in [4.69, 9.17) is 0 Å². The van der Waals surface area contributed by atoms with Crippen LogP contribution in [0.2, 0.25) is 0 Å². The lowest BCUT2D eigenvalue weighted by Gasteiger charge is -2.21. The summed E-state index contributed by atoms with van der Waals surface area (Å²) < 4.78 is 0. The standard InChI is InChI=1S/C15H20N2OS2/c1-11-8-13(12(2)20-11)4-3-5-14(18)17-15(9-16)6-7-19-10-15/h8H,3-7,10H2,1-2H3,(H,17,18)/t15-/m1/s1. The molecule has 1 atom stereocenters. The Hall–Kier alpha value is -0.990. The molecule has 0 bridgehead atoms. The monoisotopic (exact) mass is 308 g/mol. The zero-order valence-corrected chi connectivity index (χ0v) is 13.6. The maximum atomic E-state index is 12.0. The van der Waals surface area contributed by atoms with Crippen molar-refractivity contribution in [3.05, 3.63) is 21.4 Å². The fourth-order valence-corrected chi connectivity index (χ4v) is 4.72. The van der Waals surface area contributed by atoms with Crippen LogP contribution in [0.1, 0.15) is 34.6 Å². The van der Waals surface area contributed by atoms with E-state index >= 15 is 0 Å². The van der Waals surface area contributed by atoms with E-state index in [1.165, 1.54) is 15.3 Å². The third kappa shape index (κ3) is 3.77. The number of amides is 1. The maximum Gasteiger partial charge on any atom is 0.221 e. The summed E-state index contributed by atoms with van der Waals surface area (Å²) >= 11 is 3.55. The van der Waals surface area contributed by atoms with Crippen molar-refractivity contribution in [1.82, 2.24) is 5.32 Å². The van der Waals surface area contributed by atoms with Crippen molar-refractivity contribution in [2.45, 2.75) is 45.1 Å². The first-order chi connectivity index (χ1) is 9.54. The predicted molar refractivity (Wildman–Crippen MR) is 85.2 cm³/mol. The van der Waals surface area contributed by atoms with E-state index in [9.17, 15) is 10.1 Å². The molecule has 2 heterocycles.